The van der Waals surface area contributed by atoms with Crippen LogP contribution < -0.4 is 0 Å². The first-order valence-corrected chi connectivity index (χ1v) is 6.09. The number of hydrogen-bond donors (Lipinski definition) is 2. The second kappa shape index (κ2) is 5.95. The minimum absolute atomic E-state index is 0.0677. The highest BCUT2D eigenvalue weighted by Gasteiger charge is 2.15. The third-order valence-electron chi connectivity index (χ3n) is 3.10. The van der Waals surface area contributed by atoms with Gasteiger partial charge in [-0.1, -0.05) is 24.3 Å². The van der Waals surface area contributed by atoms with Crippen LogP contribution in [0.2, 0.25) is 0 Å². The van der Waals surface area contributed by atoms with E-state index in [-0.39, 0.29) is 6.42 Å². The number of piperazine rings is 1. The van der Waals surface area contributed by atoms with E-state index >= 15 is 0 Å². The summed E-state index contributed by atoms with van der Waals surface area (Å²) in [7, 11) is 0. The summed E-state index contributed by atoms with van der Waals surface area (Å²) in [4.78, 5) is 12.9. The van der Waals surface area contributed by atoms with Gasteiger partial charge in [-0.15, -0.1) is 0 Å². The molecule has 0 amide bonds. The molecule has 1 aliphatic rings. The summed E-state index contributed by atoms with van der Waals surface area (Å²) in [5.41, 5.74) is 1.96. The molecule has 1 aliphatic heterocycles. The predicted molar refractivity (Wildman–Crippen MR) is 66.4 cm³/mol. The summed E-state index contributed by atoms with van der Waals surface area (Å²) < 4.78 is 0. The minimum Gasteiger partial charge on any atom is -0.481 e. The molecule has 0 spiro atoms. The van der Waals surface area contributed by atoms with E-state index in [4.69, 9.17) is 5.11 Å². The second-order valence-corrected chi connectivity index (χ2v) is 4.62. The van der Waals surface area contributed by atoms with E-state index in [1.807, 2.05) is 24.3 Å². The summed E-state index contributed by atoms with van der Waals surface area (Å²) in [6, 6.07) is 7.69. The quantitative estimate of drug-likeness (QED) is 0.828. The third kappa shape index (κ3) is 3.80. The first kappa shape index (κ1) is 13.0. The predicted octanol–water partition coefficient (Wildman–Crippen LogP) is 0.821. The van der Waals surface area contributed by atoms with Gasteiger partial charge in [-0.05, 0) is 11.1 Å². The molecule has 0 radical (unpaired) electrons. The van der Waals surface area contributed by atoms with Crippen LogP contribution in [-0.2, 0) is 17.8 Å². The van der Waals surface area contributed by atoms with Crippen LogP contribution in [0.15, 0.2) is 24.3 Å². The molecule has 1 heterocycles. The molecular formula is C13H18N2O3. The molecule has 1 saturated heterocycles. The molecule has 98 valence electrons. The fraction of sp³-hybridized carbons (Fsp3) is 0.462. The Morgan fingerprint density at radius 3 is 2.50 bits per heavy atom. The van der Waals surface area contributed by atoms with Gasteiger partial charge in [0.1, 0.15) is 0 Å². The van der Waals surface area contributed by atoms with Crippen molar-refractivity contribution < 1.29 is 15.1 Å². The zero-order valence-electron chi connectivity index (χ0n) is 10.2. The van der Waals surface area contributed by atoms with Crippen molar-refractivity contribution in [2.24, 2.45) is 0 Å². The average molecular weight is 250 g/mol. The van der Waals surface area contributed by atoms with Gasteiger partial charge in [0, 0.05) is 32.7 Å². The molecular weight excluding hydrogens is 232 g/mol. The standard InChI is InChI=1S/C13H18N2O3/c16-13(17)9-11-2-1-3-12(8-11)10-14-4-6-15(18)7-5-14/h1-3,8,18H,4-7,9-10H2,(H,16,17). The monoisotopic (exact) mass is 250 g/mol. The van der Waals surface area contributed by atoms with Gasteiger partial charge in [0.25, 0.3) is 0 Å². The van der Waals surface area contributed by atoms with Crippen LogP contribution in [0.5, 0.6) is 0 Å². The lowest BCUT2D eigenvalue weighted by Crippen LogP contribution is -2.44. The Labute approximate surface area is 106 Å². The fourth-order valence-corrected chi connectivity index (χ4v) is 2.17. The Kier molecular flexibility index (Phi) is 4.30. The Morgan fingerprint density at radius 2 is 1.83 bits per heavy atom. The van der Waals surface area contributed by atoms with Gasteiger partial charge >= 0.3 is 5.97 Å². The van der Waals surface area contributed by atoms with Gasteiger partial charge in [-0.3, -0.25) is 9.69 Å². The van der Waals surface area contributed by atoms with E-state index in [0.717, 1.165) is 30.8 Å². The lowest BCUT2D eigenvalue weighted by Gasteiger charge is -2.31. The highest BCUT2D eigenvalue weighted by molar-refractivity contribution is 5.70. The molecule has 1 aromatic rings. The number of benzene rings is 1. The summed E-state index contributed by atoms with van der Waals surface area (Å²) in [6.45, 7) is 3.80. The van der Waals surface area contributed by atoms with Crippen molar-refractivity contribution in [2.45, 2.75) is 13.0 Å². The number of aliphatic carboxylic acids is 1. The smallest absolute Gasteiger partial charge is 0.307 e. The molecule has 5 heteroatoms. The zero-order valence-corrected chi connectivity index (χ0v) is 10.2. The van der Waals surface area contributed by atoms with Gasteiger partial charge < -0.3 is 10.3 Å². The second-order valence-electron chi connectivity index (χ2n) is 4.62. The Morgan fingerprint density at radius 1 is 1.17 bits per heavy atom. The molecule has 18 heavy (non-hydrogen) atoms. The highest BCUT2D eigenvalue weighted by atomic mass is 16.5. The van der Waals surface area contributed by atoms with Crippen molar-refractivity contribution in [2.75, 3.05) is 26.2 Å². The number of carbonyl (C=O) groups is 1. The molecule has 0 atom stereocenters. The van der Waals surface area contributed by atoms with Crippen molar-refractivity contribution in [3.8, 4) is 0 Å². The lowest BCUT2D eigenvalue weighted by atomic mass is 10.1. The van der Waals surface area contributed by atoms with E-state index in [0.29, 0.717) is 13.1 Å². The third-order valence-corrected chi connectivity index (χ3v) is 3.10. The Bertz CT molecular complexity index is 414. The van der Waals surface area contributed by atoms with E-state index < -0.39 is 5.97 Å². The summed E-state index contributed by atoms with van der Waals surface area (Å²) >= 11 is 0. The van der Waals surface area contributed by atoms with Crippen molar-refractivity contribution in [3.05, 3.63) is 35.4 Å². The van der Waals surface area contributed by atoms with Crippen LogP contribution in [0, 0.1) is 0 Å². The van der Waals surface area contributed by atoms with Crippen molar-refractivity contribution >= 4 is 5.97 Å². The largest absolute Gasteiger partial charge is 0.481 e. The normalized spacial score (nSPS) is 17.8. The van der Waals surface area contributed by atoms with Crippen molar-refractivity contribution in [3.63, 3.8) is 0 Å². The average Bonchev–Trinajstić information content (AvgIpc) is 2.32. The topological polar surface area (TPSA) is 64.0 Å². The number of hydrogen-bond acceptors (Lipinski definition) is 4. The van der Waals surface area contributed by atoms with E-state index in [2.05, 4.69) is 4.90 Å². The number of nitrogens with zero attached hydrogens (tertiary/aromatic N) is 2. The van der Waals surface area contributed by atoms with Crippen LogP contribution in [0.4, 0.5) is 0 Å². The maximum absolute atomic E-state index is 10.7. The van der Waals surface area contributed by atoms with Gasteiger partial charge in [0.2, 0.25) is 0 Å². The maximum Gasteiger partial charge on any atom is 0.307 e. The number of carboxylic acid groups (broad SMARTS) is 1. The van der Waals surface area contributed by atoms with Gasteiger partial charge in [-0.2, -0.15) is 5.06 Å². The Balaban J connectivity index is 1.94. The van der Waals surface area contributed by atoms with Crippen LogP contribution in [0.1, 0.15) is 11.1 Å². The van der Waals surface area contributed by atoms with Gasteiger partial charge in [0.15, 0.2) is 0 Å². The minimum atomic E-state index is -0.805. The molecule has 2 rings (SSSR count). The molecule has 0 saturated carbocycles. The summed E-state index contributed by atoms with van der Waals surface area (Å²) in [5, 5.41) is 19.4. The highest BCUT2D eigenvalue weighted by Crippen LogP contribution is 2.10. The van der Waals surface area contributed by atoms with E-state index in [9.17, 15) is 10.0 Å². The number of carboxylic acids is 1. The van der Waals surface area contributed by atoms with Gasteiger partial charge in [-0.25, -0.2) is 0 Å². The van der Waals surface area contributed by atoms with Crippen molar-refractivity contribution in [1.82, 2.24) is 9.96 Å². The van der Waals surface area contributed by atoms with E-state index in [1.165, 1.54) is 5.06 Å². The zero-order chi connectivity index (χ0) is 13.0. The molecule has 0 aliphatic carbocycles. The number of rotatable bonds is 4. The van der Waals surface area contributed by atoms with Crippen LogP contribution in [0.25, 0.3) is 0 Å². The molecule has 0 aromatic heterocycles. The fourth-order valence-electron chi connectivity index (χ4n) is 2.17. The van der Waals surface area contributed by atoms with Crippen LogP contribution >= 0.6 is 0 Å². The summed E-state index contributed by atoms with van der Waals surface area (Å²) in [6.07, 6.45) is 0.0677. The van der Waals surface area contributed by atoms with Gasteiger partial charge in [0.05, 0.1) is 6.42 Å². The first-order chi connectivity index (χ1) is 8.63. The molecule has 5 nitrogen and oxygen atoms in total. The number of hydroxylamine groups is 2. The summed E-state index contributed by atoms with van der Waals surface area (Å²) in [5.74, 6) is -0.805. The molecule has 1 fully saturated rings. The van der Waals surface area contributed by atoms with E-state index in [1.54, 1.807) is 0 Å². The molecule has 0 bridgehead atoms. The Hall–Kier alpha value is -1.43. The van der Waals surface area contributed by atoms with Crippen LogP contribution in [-0.4, -0.2) is 52.4 Å². The molecule has 0 unspecified atom stereocenters. The molecule has 1 aromatic carbocycles. The first-order valence-electron chi connectivity index (χ1n) is 6.09. The lowest BCUT2D eigenvalue weighted by molar-refractivity contribution is -0.136. The SMILES string of the molecule is O=C(O)Cc1cccc(CN2CCN(O)CC2)c1. The van der Waals surface area contributed by atoms with Crippen molar-refractivity contribution in [1.29, 1.82) is 0 Å². The molecule has 2 N–H and O–H groups in total. The van der Waals surface area contributed by atoms with Crippen LogP contribution in [0.3, 0.4) is 0 Å². The maximum atomic E-state index is 10.7.